The van der Waals surface area contributed by atoms with E-state index in [-0.39, 0.29) is 5.92 Å². The van der Waals surface area contributed by atoms with Crippen LogP contribution in [0.25, 0.3) is 33.5 Å². The smallest absolute Gasteiger partial charge is 0.248 e. The van der Waals surface area contributed by atoms with Gasteiger partial charge in [0.2, 0.25) is 5.91 Å². The van der Waals surface area contributed by atoms with Gasteiger partial charge >= 0.3 is 0 Å². The summed E-state index contributed by atoms with van der Waals surface area (Å²) in [7, 11) is 0. The molecule has 2 N–H and O–H groups in total. The van der Waals surface area contributed by atoms with Gasteiger partial charge in [-0.05, 0) is 66.3 Å². The Kier molecular flexibility index (Phi) is 5.83. The van der Waals surface area contributed by atoms with Crippen molar-refractivity contribution in [3.8, 4) is 22.6 Å². The van der Waals surface area contributed by atoms with Crippen molar-refractivity contribution in [3.05, 3.63) is 90.3 Å². The average molecular weight is 491 g/mol. The van der Waals surface area contributed by atoms with Gasteiger partial charge in [0.15, 0.2) is 0 Å². The highest BCUT2D eigenvalue weighted by Crippen LogP contribution is 2.36. The highest BCUT2D eigenvalue weighted by atomic mass is 16.1. The molecule has 2 aromatic carbocycles. The van der Waals surface area contributed by atoms with Gasteiger partial charge in [-0.1, -0.05) is 39.2 Å². The van der Waals surface area contributed by atoms with Crippen LogP contribution >= 0.6 is 0 Å². The van der Waals surface area contributed by atoms with Crippen LogP contribution in [0.5, 0.6) is 0 Å². The van der Waals surface area contributed by atoms with Crippen molar-refractivity contribution in [2.45, 2.75) is 45.4 Å². The van der Waals surface area contributed by atoms with Crippen LogP contribution in [-0.4, -0.2) is 30.2 Å². The lowest BCUT2D eigenvalue weighted by Gasteiger charge is -2.26. The summed E-state index contributed by atoms with van der Waals surface area (Å²) in [6.45, 7) is 4.34. The van der Waals surface area contributed by atoms with E-state index in [1.807, 2.05) is 53.7 Å². The summed E-state index contributed by atoms with van der Waals surface area (Å²) in [5.74, 6) is 0.452. The number of hydrogen-bond acceptors (Lipinski definition) is 4. The fourth-order valence-corrected chi connectivity index (χ4v) is 5.22. The second-order valence-corrected chi connectivity index (χ2v) is 10.2. The molecule has 1 amide bonds. The standard InChI is InChI=1S/C30H30N6O/c1-19(2)29-28-26(35-17-24(33-18-35)22-8-5-13-32-16-22)9-4-10-27(28)36(34-29)25-12-11-21(30(31)37)15-23(25)14-20-6-3-7-20/h4-5,8-13,15-20H,3,6-7,14H2,1-2H3,(H2,31,37). The van der Waals surface area contributed by atoms with Gasteiger partial charge in [0.1, 0.15) is 0 Å². The molecule has 7 nitrogen and oxygen atoms in total. The number of carbonyl (C=O) groups excluding carboxylic acids is 1. The Labute approximate surface area is 216 Å². The van der Waals surface area contributed by atoms with Crippen molar-refractivity contribution in [2.75, 3.05) is 0 Å². The second-order valence-electron chi connectivity index (χ2n) is 10.2. The van der Waals surface area contributed by atoms with Gasteiger partial charge in [0, 0.05) is 35.1 Å². The molecule has 5 aromatic rings. The molecule has 1 aliphatic carbocycles. The topological polar surface area (TPSA) is 91.6 Å². The monoisotopic (exact) mass is 490 g/mol. The fraction of sp³-hybridized carbons (Fsp3) is 0.267. The first-order chi connectivity index (χ1) is 18.0. The van der Waals surface area contributed by atoms with Crippen LogP contribution in [-0.2, 0) is 6.42 Å². The summed E-state index contributed by atoms with van der Waals surface area (Å²) in [6, 6.07) is 16.0. The van der Waals surface area contributed by atoms with E-state index in [1.54, 1.807) is 6.20 Å². The minimum absolute atomic E-state index is 0.214. The molecule has 37 heavy (non-hydrogen) atoms. The molecule has 7 heteroatoms. The van der Waals surface area contributed by atoms with E-state index in [1.165, 1.54) is 19.3 Å². The van der Waals surface area contributed by atoms with Gasteiger partial charge < -0.3 is 10.3 Å². The Hall–Kier alpha value is -4.26. The minimum atomic E-state index is -0.401. The molecule has 1 saturated carbocycles. The third-order valence-electron chi connectivity index (χ3n) is 7.40. The first-order valence-corrected chi connectivity index (χ1v) is 12.9. The van der Waals surface area contributed by atoms with Crippen LogP contribution in [0.1, 0.15) is 60.6 Å². The molecule has 0 spiro atoms. The zero-order chi connectivity index (χ0) is 25.5. The molecule has 0 saturated heterocycles. The maximum Gasteiger partial charge on any atom is 0.248 e. The van der Waals surface area contributed by atoms with Crippen LogP contribution in [0.4, 0.5) is 0 Å². The largest absolute Gasteiger partial charge is 0.366 e. The quantitative estimate of drug-likeness (QED) is 0.310. The Morgan fingerprint density at radius 2 is 1.97 bits per heavy atom. The predicted octanol–water partition coefficient (Wildman–Crippen LogP) is 5.84. The molecule has 0 unspecified atom stereocenters. The maximum atomic E-state index is 12.0. The number of benzene rings is 2. The summed E-state index contributed by atoms with van der Waals surface area (Å²) in [5.41, 5.74) is 13.2. The number of primary amides is 1. The lowest BCUT2D eigenvalue weighted by Crippen LogP contribution is -2.17. The number of amides is 1. The molecule has 0 atom stereocenters. The van der Waals surface area contributed by atoms with Gasteiger partial charge in [0.05, 0.1) is 34.6 Å². The minimum Gasteiger partial charge on any atom is -0.366 e. The van der Waals surface area contributed by atoms with E-state index in [2.05, 4.69) is 46.6 Å². The van der Waals surface area contributed by atoms with Crippen molar-refractivity contribution in [1.82, 2.24) is 24.3 Å². The Bertz CT molecular complexity index is 1590. The Balaban J connectivity index is 1.52. The zero-order valence-electron chi connectivity index (χ0n) is 21.1. The number of fused-ring (bicyclic) bond motifs is 1. The van der Waals surface area contributed by atoms with Crippen molar-refractivity contribution < 1.29 is 4.79 Å². The van der Waals surface area contributed by atoms with Gasteiger partial charge in [0.25, 0.3) is 0 Å². The molecular weight excluding hydrogens is 460 g/mol. The average Bonchev–Trinajstić information content (AvgIpc) is 3.52. The van der Waals surface area contributed by atoms with Crippen LogP contribution in [0.15, 0.2) is 73.4 Å². The van der Waals surface area contributed by atoms with Gasteiger partial charge in [-0.2, -0.15) is 5.10 Å². The molecule has 1 aliphatic rings. The van der Waals surface area contributed by atoms with Crippen molar-refractivity contribution in [3.63, 3.8) is 0 Å². The van der Waals surface area contributed by atoms with E-state index in [0.29, 0.717) is 11.5 Å². The van der Waals surface area contributed by atoms with E-state index < -0.39 is 5.91 Å². The molecule has 0 radical (unpaired) electrons. The number of nitrogens with zero attached hydrogens (tertiary/aromatic N) is 5. The Morgan fingerprint density at radius 1 is 1.11 bits per heavy atom. The molecule has 3 aromatic heterocycles. The Morgan fingerprint density at radius 3 is 2.68 bits per heavy atom. The third kappa shape index (κ3) is 4.20. The molecule has 186 valence electrons. The maximum absolute atomic E-state index is 12.0. The van der Waals surface area contributed by atoms with Crippen LogP contribution in [0.3, 0.4) is 0 Å². The normalized spacial score (nSPS) is 13.8. The summed E-state index contributed by atoms with van der Waals surface area (Å²) in [4.78, 5) is 20.9. The number of hydrogen-bond donors (Lipinski definition) is 1. The second kappa shape index (κ2) is 9.32. The highest BCUT2D eigenvalue weighted by molar-refractivity contribution is 5.94. The molecule has 1 fully saturated rings. The number of pyridine rings is 1. The molecule has 6 rings (SSSR count). The molecule has 0 aliphatic heterocycles. The van der Waals surface area contributed by atoms with Crippen molar-refractivity contribution in [2.24, 2.45) is 11.7 Å². The summed E-state index contributed by atoms with van der Waals surface area (Å²) in [5, 5.41) is 6.25. The fourth-order valence-electron chi connectivity index (χ4n) is 5.22. The number of nitrogens with two attached hydrogens (primary N) is 1. The van der Waals surface area contributed by atoms with Gasteiger partial charge in [-0.3, -0.25) is 9.78 Å². The third-order valence-corrected chi connectivity index (χ3v) is 7.40. The van der Waals surface area contributed by atoms with Gasteiger partial charge in [-0.15, -0.1) is 0 Å². The molecule has 0 bridgehead atoms. The summed E-state index contributed by atoms with van der Waals surface area (Å²) >= 11 is 0. The highest BCUT2D eigenvalue weighted by Gasteiger charge is 2.24. The lowest BCUT2D eigenvalue weighted by atomic mass is 9.80. The zero-order valence-corrected chi connectivity index (χ0v) is 21.1. The van der Waals surface area contributed by atoms with Crippen LogP contribution < -0.4 is 5.73 Å². The van der Waals surface area contributed by atoms with E-state index >= 15 is 0 Å². The van der Waals surface area contributed by atoms with Crippen LogP contribution in [0, 0.1) is 5.92 Å². The van der Waals surface area contributed by atoms with Crippen molar-refractivity contribution in [1.29, 1.82) is 0 Å². The van der Waals surface area contributed by atoms with E-state index in [9.17, 15) is 4.79 Å². The summed E-state index contributed by atoms with van der Waals surface area (Å²) < 4.78 is 4.11. The molecular formula is C30H30N6O. The molecule has 3 heterocycles. The SMILES string of the molecule is CC(C)c1nn(-c2ccc(C(N)=O)cc2CC2CCC2)c2cccc(-n3cnc(-c4cccnc4)c3)c12. The van der Waals surface area contributed by atoms with Crippen molar-refractivity contribution >= 4 is 16.8 Å². The van der Waals surface area contributed by atoms with Gasteiger partial charge in [-0.25, -0.2) is 9.67 Å². The van der Waals surface area contributed by atoms with E-state index in [4.69, 9.17) is 10.8 Å². The lowest BCUT2D eigenvalue weighted by molar-refractivity contribution is 0.1000. The number of carbonyl (C=O) groups is 1. The number of aromatic nitrogens is 5. The van der Waals surface area contributed by atoms with Crippen LogP contribution in [0.2, 0.25) is 0 Å². The van der Waals surface area contributed by atoms with E-state index in [0.717, 1.165) is 51.2 Å². The first-order valence-electron chi connectivity index (χ1n) is 12.9. The first kappa shape index (κ1) is 23.2. The number of rotatable bonds is 7. The number of imidazole rings is 1. The summed E-state index contributed by atoms with van der Waals surface area (Å²) in [6.07, 6.45) is 12.1. The predicted molar refractivity (Wildman–Crippen MR) is 145 cm³/mol.